The Labute approximate surface area is 164 Å². The molecule has 150 valence electrons. The van der Waals surface area contributed by atoms with E-state index in [-0.39, 0.29) is 29.3 Å². The number of ether oxygens (including phenoxy) is 1. The minimum absolute atomic E-state index is 0. The van der Waals surface area contributed by atoms with Gasteiger partial charge in [0, 0.05) is 37.2 Å². The summed E-state index contributed by atoms with van der Waals surface area (Å²) in [5.74, 6) is 0.665. The van der Waals surface area contributed by atoms with Gasteiger partial charge in [-0.25, -0.2) is 4.98 Å². The Morgan fingerprint density at radius 2 is 1.89 bits per heavy atom. The second-order valence-corrected chi connectivity index (χ2v) is 7.71. The van der Waals surface area contributed by atoms with E-state index in [0.717, 1.165) is 50.0 Å². The summed E-state index contributed by atoms with van der Waals surface area (Å²) in [4.78, 5) is 36.6. The van der Waals surface area contributed by atoms with Crippen LogP contribution < -0.4 is 16.2 Å². The molecule has 27 heavy (non-hydrogen) atoms. The minimum Gasteiger partial charge on any atom is -0.378 e. The zero-order chi connectivity index (χ0) is 18.3. The lowest BCUT2D eigenvalue weighted by Crippen LogP contribution is -2.49. The summed E-state index contributed by atoms with van der Waals surface area (Å²) in [6, 6.07) is -0.464. The number of halogens is 1. The van der Waals surface area contributed by atoms with Crippen molar-refractivity contribution in [2.45, 2.75) is 44.1 Å². The summed E-state index contributed by atoms with van der Waals surface area (Å²) in [5.41, 5.74) is 7.43. The molecule has 1 aromatic heterocycles. The number of aromatic amines is 1. The van der Waals surface area contributed by atoms with Gasteiger partial charge in [0.25, 0.3) is 5.56 Å². The number of H-pyrrole nitrogens is 1. The molecular formula is C18H28ClN5O3. The Morgan fingerprint density at radius 3 is 2.52 bits per heavy atom. The lowest BCUT2D eigenvalue weighted by molar-refractivity contribution is -0.133. The summed E-state index contributed by atoms with van der Waals surface area (Å²) in [6.45, 7) is 5.88. The van der Waals surface area contributed by atoms with Crippen LogP contribution in [0.5, 0.6) is 0 Å². The number of likely N-dealkylation sites (tertiary alicyclic amines) is 1. The maximum atomic E-state index is 12.6. The van der Waals surface area contributed by atoms with E-state index in [9.17, 15) is 9.59 Å². The van der Waals surface area contributed by atoms with Crippen LogP contribution in [0.1, 0.15) is 37.4 Å². The van der Waals surface area contributed by atoms with Crippen LogP contribution in [0.3, 0.4) is 0 Å². The molecule has 0 bridgehead atoms. The molecule has 4 rings (SSSR count). The first kappa shape index (κ1) is 20.1. The van der Waals surface area contributed by atoms with E-state index in [1.165, 1.54) is 0 Å². The van der Waals surface area contributed by atoms with Crippen LogP contribution in [-0.4, -0.2) is 66.2 Å². The zero-order valence-electron chi connectivity index (χ0n) is 15.7. The third kappa shape index (κ3) is 3.58. The second-order valence-electron chi connectivity index (χ2n) is 7.71. The van der Waals surface area contributed by atoms with Gasteiger partial charge < -0.3 is 20.3 Å². The number of nitrogens with one attached hydrogen (secondary N) is 1. The maximum Gasteiger partial charge on any atom is 0.255 e. The SMILES string of the molecule is CC(N)C(=O)N1CCC2(CCc3c2nc(N2CCOCC2)[nH]c3=O)CC1.Cl. The number of fused-ring (bicyclic) bond motifs is 2. The smallest absolute Gasteiger partial charge is 0.255 e. The first-order chi connectivity index (χ1) is 12.5. The standard InChI is InChI=1S/C18H27N5O3.ClH/c1-12(19)16(25)22-6-4-18(5-7-22)3-2-13-14(18)20-17(21-15(13)24)23-8-10-26-11-9-23;/h12H,2-11,19H2,1H3,(H,20,21,24);1H. The van der Waals surface area contributed by atoms with Crippen LogP contribution in [-0.2, 0) is 21.4 Å². The number of hydrogen-bond donors (Lipinski definition) is 2. The van der Waals surface area contributed by atoms with Crippen molar-refractivity contribution in [2.24, 2.45) is 5.73 Å². The third-order valence-corrected chi connectivity index (χ3v) is 6.09. The first-order valence-electron chi connectivity index (χ1n) is 9.51. The highest BCUT2D eigenvalue weighted by Gasteiger charge is 2.45. The van der Waals surface area contributed by atoms with Crippen molar-refractivity contribution in [3.8, 4) is 0 Å². The summed E-state index contributed by atoms with van der Waals surface area (Å²) in [5, 5.41) is 0. The number of hydrogen-bond acceptors (Lipinski definition) is 6. The van der Waals surface area contributed by atoms with Crippen molar-refractivity contribution in [1.82, 2.24) is 14.9 Å². The van der Waals surface area contributed by atoms with E-state index in [1.807, 2.05) is 4.90 Å². The lowest BCUT2D eigenvalue weighted by Gasteiger charge is -2.40. The summed E-state index contributed by atoms with van der Waals surface area (Å²) >= 11 is 0. The molecular weight excluding hydrogens is 370 g/mol. The van der Waals surface area contributed by atoms with Gasteiger partial charge in [0.1, 0.15) is 0 Å². The molecule has 0 saturated carbocycles. The molecule has 1 atom stereocenters. The minimum atomic E-state index is -0.464. The fraction of sp³-hybridized carbons (Fsp3) is 0.722. The molecule has 2 fully saturated rings. The van der Waals surface area contributed by atoms with Gasteiger partial charge in [0.15, 0.2) is 0 Å². The van der Waals surface area contributed by atoms with Crippen molar-refractivity contribution in [3.63, 3.8) is 0 Å². The van der Waals surface area contributed by atoms with Crippen LogP contribution in [0.4, 0.5) is 5.95 Å². The van der Waals surface area contributed by atoms with Gasteiger partial charge in [0.05, 0.1) is 24.9 Å². The summed E-state index contributed by atoms with van der Waals surface area (Å²) in [7, 11) is 0. The zero-order valence-corrected chi connectivity index (χ0v) is 16.5. The van der Waals surface area contributed by atoms with Crippen LogP contribution in [0.25, 0.3) is 0 Å². The van der Waals surface area contributed by atoms with Crippen LogP contribution in [0.15, 0.2) is 4.79 Å². The summed E-state index contributed by atoms with van der Waals surface area (Å²) in [6.07, 6.45) is 3.39. The van der Waals surface area contributed by atoms with Gasteiger partial charge >= 0.3 is 0 Å². The Hall–Kier alpha value is -1.64. The number of rotatable bonds is 2. The predicted octanol–water partition coefficient (Wildman–Crippen LogP) is 0.182. The van der Waals surface area contributed by atoms with Gasteiger partial charge in [0.2, 0.25) is 11.9 Å². The molecule has 2 saturated heterocycles. The van der Waals surface area contributed by atoms with E-state index in [0.29, 0.717) is 32.3 Å². The molecule has 9 heteroatoms. The highest BCUT2D eigenvalue weighted by atomic mass is 35.5. The Bertz CT molecular complexity index is 752. The fourth-order valence-corrected chi connectivity index (χ4v) is 4.49. The van der Waals surface area contributed by atoms with Crippen LogP contribution >= 0.6 is 12.4 Å². The molecule has 1 aliphatic carbocycles. The molecule has 3 aliphatic rings. The average molecular weight is 398 g/mol. The maximum absolute atomic E-state index is 12.6. The van der Waals surface area contributed by atoms with Gasteiger partial charge in [-0.3, -0.25) is 14.6 Å². The molecule has 0 radical (unpaired) electrons. The van der Waals surface area contributed by atoms with E-state index < -0.39 is 6.04 Å². The van der Waals surface area contributed by atoms with Crippen LogP contribution in [0, 0.1) is 0 Å². The molecule has 1 aromatic rings. The molecule has 3 heterocycles. The van der Waals surface area contributed by atoms with Crippen molar-refractivity contribution in [3.05, 3.63) is 21.6 Å². The average Bonchev–Trinajstić information content (AvgIpc) is 3.01. The number of morpholine rings is 1. The fourth-order valence-electron chi connectivity index (χ4n) is 4.49. The number of nitrogens with two attached hydrogens (primary N) is 1. The number of nitrogens with zero attached hydrogens (tertiary/aromatic N) is 3. The Balaban J connectivity index is 0.00000210. The summed E-state index contributed by atoms with van der Waals surface area (Å²) < 4.78 is 5.40. The number of aromatic nitrogens is 2. The van der Waals surface area contributed by atoms with E-state index in [1.54, 1.807) is 6.92 Å². The topological polar surface area (TPSA) is 105 Å². The van der Waals surface area contributed by atoms with Gasteiger partial charge in [-0.1, -0.05) is 0 Å². The highest BCUT2D eigenvalue weighted by molar-refractivity contribution is 5.85. The predicted molar refractivity (Wildman–Crippen MR) is 105 cm³/mol. The van der Waals surface area contributed by atoms with Gasteiger partial charge in [-0.2, -0.15) is 0 Å². The Kier molecular flexibility index (Phi) is 5.79. The van der Waals surface area contributed by atoms with Gasteiger partial charge in [-0.15, -0.1) is 12.4 Å². The van der Waals surface area contributed by atoms with Crippen molar-refractivity contribution < 1.29 is 9.53 Å². The third-order valence-electron chi connectivity index (χ3n) is 6.09. The monoisotopic (exact) mass is 397 g/mol. The normalized spacial score (nSPS) is 22.3. The van der Waals surface area contributed by atoms with Gasteiger partial charge in [-0.05, 0) is 32.6 Å². The number of carbonyl (C=O) groups is 1. The molecule has 0 aromatic carbocycles. The Morgan fingerprint density at radius 1 is 1.22 bits per heavy atom. The number of anilines is 1. The molecule has 8 nitrogen and oxygen atoms in total. The largest absolute Gasteiger partial charge is 0.378 e. The molecule has 1 amide bonds. The highest BCUT2D eigenvalue weighted by Crippen LogP contribution is 2.44. The molecule has 1 spiro atoms. The van der Waals surface area contributed by atoms with Crippen LogP contribution in [0.2, 0.25) is 0 Å². The van der Waals surface area contributed by atoms with E-state index in [2.05, 4.69) is 9.88 Å². The van der Waals surface area contributed by atoms with Crippen molar-refractivity contribution >= 4 is 24.3 Å². The molecule has 1 unspecified atom stereocenters. The first-order valence-corrected chi connectivity index (χ1v) is 9.51. The molecule has 3 N–H and O–H groups in total. The second kappa shape index (κ2) is 7.77. The quantitative estimate of drug-likeness (QED) is 0.737. The van der Waals surface area contributed by atoms with Crippen molar-refractivity contribution in [2.75, 3.05) is 44.3 Å². The molecule has 2 aliphatic heterocycles. The van der Waals surface area contributed by atoms with E-state index >= 15 is 0 Å². The number of amides is 1. The van der Waals surface area contributed by atoms with Crippen molar-refractivity contribution in [1.29, 1.82) is 0 Å². The lowest BCUT2D eigenvalue weighted by atomic mass is 9.76. The van der Waals surface area contributed by atoms with E-state index in [4.69, 9.17) is 15.5 Å². The number of carbonyl (C=O) groups excluding carboxylic acids is 1. The number of piperidine rings is 1.